The van der Waals surface area contributed by atoms with Crippen molar-refractivity contribution in [3.63, 3.8) is 0 Å². The van der Waals surface area contributed by atoms with Gasteiger partial charge in [0.25, 0.3) is 5.91 Å². The van der Waals surface area contributed by atoms with Gasteiger partial charge in [0, 0.05) is 36.4 Å². The molecule has 0 radical (unpaired) electrons. The van der Waals surface area contributed by atoms with Gasteiger partial charge in [0.1, 0.15) is 6.04 Å². The first-order valence-corrected chi connectivity index (χ1v) is 11.7. The smallest absolute Gasteiger partial charge is 0.327 e. The van der Waals surface area contributed by atoms with E-state index in [-0.39, 0.29) is 17.9 Å². The van der Waals surface area contributed by atoms with Crippen LogP contribution in [0.4, 0.5) is 5.69 Å². The maximum Gasteiger partial charge on any atom is 0.327 e. The van der Waals surface area contributed by atoms with Gasteiger partial charge < -0.3 is 15.0 Å². The van der Waals surface area contributed by atoms with Crippen molar-refractivity contribution in [2.24, 2.45) is 0 Å². The van der Waals surface area contributed by atoms with Crippen LogP contribution in [0.3, 0.4) is 0 Å². The summed E-state index contributed by atoms with van der Waals surface area (Å²) in [6.45, 7) is 1.79. The van der Waals surface area contributed by atoms with Crippen LogP contribution in [0, 0.1) is 0 Å². The van der Waals surface area contributed by atoms with Crippen LogP contribution in [-0.2, 0) is 9.53 Å². The van der Waals surface area contributed by atoms with Crippen LogP contribution < -0.4 is 15.5 Å². The van der Waals surface area contributed by atoms with Crippen LogP contribution in [0.5, 0.6) is 0 Å². The molecule has 0 unspecified atom stereocenters. The summed E-state index contributed by atoms with van der Waals surface area (Å²) in [5, 5.41) is 6.65. The molecule has 2 aromatic carbocycles. The van der Waals surface area contributed by atoms with E-state index in [0.29, 0.717) is 6.04 Å². The molecule has 0 aromatic heterocycles. The van der Waals surface area contributed by atoms with Gasteiger partial charge in [-0.2, -0.15) is 0 Å². The molecule has 1 saturated carbocycles. The SMILES string of the molecule is COC(=O)[C@@H](NC1CCN(c2ccc(C(=O)NC3CCCC3)cc2)CC1)c1ccccc1. The normalized spacial score (nSPS) is 18.3. The Hall–Kier alpha value is -2.86. The Balaban J connectivity index is 1.31. The molecule has 170 valence electrons. The molecule has 1 amide bonds. The molecule has 0 bridgehead atoms. The average molecular weight is 436 g/mol. The molecule has 2 aromatic rings. The maximum absolute atomic E-state index is 12.5. The first-order valence-electron chi connectivity index (χ1n) is 11.7. The molecule has 2 aliphatic rings. The highest BCUT2D eigenvalue weighted by molar-refractivity contribution is 5.94. The van der Waals surface area contributed by atoms with Crippen molar-refractivity contribution in [3.8, 4) is 0 Å². The van der Waals surface area contributed by atoms with E-state index in [1.54, 1.807) is 0 Å². The largest absolute Gasteiger partial charge is 0.468 e. The molecule has 6 nitrogen and oxygen atoms in total. The summed E-state index contributed by atoms with van der Waals surface area (Å²) in [7, 11) is 1.43. The molecule has 1 heterocycles. The Bertz CT molecular complexity index is 886. The van der Waals surface area contributed by atoms with Crippen molar-refractivity contribution < 1.29 is 14.3 Å². The lowest BCUT2D eigenvalue weighted by atomic mass is 10.00. The highest BCUT2D eigenvalue weighted by Crippen LogP contribution is 2.24. The predicted molar refractivity (Wildman–Crippen MR) is 126 cm³/mol. The standard InChI is InChI=1S/C26H33N3O3/c1-32-26(31)24(19-7-3-2-4-8-19)27-22-15-17-29(18-16-22)23-13-11-20(12-14-23)25(30)28-21-9-5-6-10-21/h2-4,7-8,11-14,21-22,24,27H,5-6,9-10,15-18H2,1H3,(H,28,30)/t24-/m0/s1. The monoisotopic (exact) mass is 435 g/mol. The van der Waals surface area contributed by atoms with Crippen LogP contribution in [0.25, 0.3) is 0 Å². The number of benzene rings is 2. The number of carbonyl (C=O) groups excluding carboxylic acids is 2. The van der Waals surface area contributed by atoms with E-state index in [1.165, 1.54) is 20.0 Å². The predicted octanol–water partition coefficient (Wildman–Crippen LogP) is 3.83. The third kappa shape index (κ3) is 5.49. The third-order valence-corrected chi connectivity index (χ3v) is 6.65. The van der Waals surface area contributed by atoms with E-state index in [4.69, 9.17) is 4.74 Å². The van der Waals surface area contributed by atoms with Crippen LogP contribution >= 0.6 is 0 Å². The van der Waals surface area contributed by atoms with Gasteiger partial charge in [-0.25, -0.2) is 4.79 Å². The Morgan fingerprint density at radius 1 is 0.906 bits per heavy atom. The van der Waals surface area contributed by atoms with Gasteiger partial charge in [-0.3, -0.25) is 10.1 Å². The zero-order chi connectivity index (χ0) is 22.3. The summed E-state index contributed by atoms with van der Waals surface area (Å²) >= 11 is 0. The lowest BCUT2D eigenvalue weighted by molar-refractivity contribution is -0.143. The molecule has 6 heteroatoms. The fraction of sp³-hybridized carbons (Fsp3) is 0.462. The second-order valence-electron chi connectivity index (χ2n) is 8.80. The number of hydrogen-bond donors (Lipinski definition) is 2. The summed E-state index contributed by atoms with van der Waals surface area (Å²) in [5.41, 5.74) is 2.78. The number of piperidine rings is 1. The minimum Gasteiger partial charge on any atom is -0.468 e. The highest BCUT2D eigenvalue weighted by atomic mass is 16.5. The number of carbonyl (C=O) groups is 2. The number of methoxy groups -OCH3 is 1. The minimum absolute atomic E-state index is 0.0288. The summed E-state index contributed by atoms with van der Waals surface area (Å²) in [6.07, 6.45) is 6.47. The van der Waals surface area contributed by atoms with Crippen molar-refractivity contribution in [1.29, 1.82) is 0 Å². The van der Waals surface area contributed by atoms with Gasteiger partial charge in [0.15, 0.2) is 0 Å². The van der Waals surface area contributed by atoms with Crippen molar-refractivity contribution in [1.82, 2.24) is 10.6 Å². The fourth-order valence-corrected chi connectivity index (χ4v) is 4.77. The molecule has 4 rings (SSSR count). The first kappa shape index (κ1) is 22.3. The second-order valence-corrected chi connectivity index (χ2v) is 8.80. The molecule has 1 aliphatic heterocycles. The Morgan fingerprint density at radius 2 is 1.56 bits per heavy atom. The molecule has 1 atom stereocenters. The van der Waals surface area contributed by atoms with Crippen LogP contribution in [0.1, 0.15) is 60.5 Å². The molecule has 1 saturated heterocycles. The number of esters is 1. The number of nitrogens with zero attached hydrogens (tertiary/aromatic N) is 1. The van der Waals surface area contributed by atoms with E-state index in [0.717, 1.165) is 55.6 Å². The lowest BCUT2D eigenvalue weighted by Crippen LogP contribution is -2.45. The van der Waals surface area contributed by atoms with Crippen molar-refractivity contribution in [2.45, 2.75) is 56.7 Å². The molecule has 32 heavy (non-hydrogen) atoms. The molecule has 0 spiro atoms. The van der Waals surface area contributed by atoms with E-state index < -0.39 is 6.04 Å². The topological polar surface area (TPSA) is 70.7 Å². The minimum atomic E-state index is -0.449. The molecule has 1 aliphatic carbocycles. The van der Waals surface area contributed by atoms with Crippen LogP contribution in [0.15, 0.2) is 54.6 Å². The molecular formula is C26H33N3O3. The zero-order valence-corrected chi connectivity index (χ0v) is 18.8. The van der Waals surface area contributed by atoms with Crippen LogP contribution in [-0.4, -0.2) is 44.2 Å². The number of rotatable bonds is 7. The van der Waals surface area contributed by atoms with Gasteiger partial charge >= 0.3 is 5.97 Å². The Labute approximate surface area is 190 Å². The van der Waals surface area contributed by atoms with Crippen molar-refractivity contribution >= 4 is 17.6 Å². The van der Waals surface area contributed by atoms with Gasteiger partial charge in [0.2, 0.25) is 0 Å². The van der Waals surface area contributed by atoms with Gasteiger partial charge in [-0.1, -0.05) is 43.2 Å². The number of amides is 1. The Morgan fingerprint density at radius 3 is 2.19 bits per heavy atom. The van der Waals surface area contributed by atoms with E-state index in [2.05, 4.69) is 15.5 Å². The van der Waals surface area contributed by atoms with Crippen molar-refractivity contribution in [2.75, 3.05) is 25.1 Å². The maximum atomic E-state index is 12.5. The van der Waals surface area contributed by atoms with E-state index in [9.17, 15) is 9.59 Å². The van der Waals surface area contributed by atoms with Gasteiger partial charge in [-0.05, 0) is 55.5 Å². The highest BCUT2D eigenvalue weighted by Gasteiger charge is 2.27. The average Bonchev–Trinajstić information content (AvgIpc) is 3.36. The summed E-state index contributed by atoms with van der Waals surface area (Å²) in [6, 6.07) is 17.8. The van der Waals surface area contributed by atoms with E-state index >= 15 is 0 Å². The fourth-order valence-electron chi connectivity index (χ4n) is 4.77. The number of nitrogens with one attached hydrogen (secondary N) is 2. The quantitative estimate of drug-likeness (QED) is 0.647. The number of ether oxygens (including phenoxy) is 1. The Kier molecular flexibility index (Phi) is 7.43. The lowest BCUT2D eigenvalue weighted by Gasteiger charge is -2.35. The third-order valence-electron chi connectivity index (χ3n) is 6.65. The van der Waals surface area contributed by atoms with Gasteiger partial charge in [0.05, 0.1) is 7.11 Å². The number of hydrogen-bond acceptors (Lipinski definition) is 5. The molecule has 2 fully saturated rings. The summed E-state index contributed by atoms with van der Waals surface area (Å²) in [4.78, 5) is 27.1. The second kappa shape index (κ2) is 10.6. The number of anilines is 1. The molecule has 2 N–H and O–H groups in total. The van der Waals surface area contributed by atoms with Gasteiger partial charge in [-0.15, -0.1) is 0 Å². The summed E-state index contributed by atoms with van der Waals surface area (Å²) in [5.74, 6) is -0.230. The summed E-state index contributed by atoms with van der Waals surface area (Å²) < 4.78 is 5.03. The zero-order valence-electron chi connectivity index (χ0n) is 18.8. The van der Waals surface area contributed by atoms with Crippen LogP contribution in [0.2, 0.25) is 0 Å². The molecular weight excluding hydrogens is 402 g/mol. The first-order chi connectivity index (χ1) is 15.6. The van der Waals surface area contributed by atoms with E-state index in [1.807, 2.05) is 54.6 Å². The van der Waals surface area contributed by atoms with Crippen molar-refractivity contribution in [3.05, 3.63) is 65.7 Å².